The summed E-state index contributed by atoms with van der Waals surface area (Å²) in [5.74, 6) is 0.568. The molecule has 0 bridgehead atoms. The first-order valence-corrected chi connectivity index (χ1v) is 10.0. The zero-order valence-corrected chi connectivity index (χ0v) is 17.7. The Kier molecular flexibility index (Phi) is 5.80. The molecule has 4 rings (SSSR count). The lowest BCUT2D eigenvalue weighted by atomic mass is 9.87. The van der Waals surface area contributed by atoms with Crippen molar-refractivity contribution in [3.05, 3.63) is 88.7 Å². The smallest absolute Gasteiger partial charge is 0.254 e. The van der Waals surface area contributed by atoms with Gasteiger partial charge in [-0.3, -0.25) is 4.79 Å². The number of carbonyl (C=O) groups excluding carboxylic acids is 1. The van der Waals surface area contributed by atoms with E-state index in [9.17, 15) is 9.18 Å². The maximum atomic E-state index is 14.3. The van der Waals surface area contributed by atoms with Crippen LogP contribution in [0.5, 0.6) is 17.2 Å². The number of carbonyl (C=O) groups is 1. The van der Waals surface area contributed by atoms with Crippen LogP contribution in [0.2, 0.25) is 0 Å². The third-order valence-corrected chi connectivity index (χ3v) is 5.65. The van der Waals surface area contributed by atoms with Crippen LogP contribution < -0.4 is 14.2 Å². The van der Waals surface area contributed by atoms with Crippen LogP contribution in [0.25, 0.3) is 0 Å². The first-order chi connectivity index (χ1) is 15.1. The van der Waals surface area contributed by atoms with Gasteiger partial charge in [0.25, 0.3) is 5.91 Å². The number of halogens is 1. The molecule has 1 aliphatic rings. The normalized spacial score (nSPS) is 15.2. The number of nitrogens with zero attached hydrogens (tertiary/aromatic N) is 1. The van der Waals surface area contributed by atoms with Gasteiger partial charge in [-0.15, -0.1) is 0 Å². The molecule has 0 saturated carbocycles. The van der Waals surface area contributed by atoms with E-state index in [0.29, 0.717) is 24.5 Å². The van der Waals surface area contributed by atoms with E-state index in [2.05, 4.69) is 0 Å². The van der Waals surface area contributed by atoms with Crippen molar-refractivity contribution in [3.8, 4) is 17.2 Å². The lowest BCUT2D eigenvalue weighted by Gasteiger charge is -2.38. The van der Waals surface area contributed by atoms with Crippen molar-refractivity contribution in [2.45, 2.75) is 12.5 Å². The number of rotatable bonds is 5. The van der Waals surface area contributed by atoms with Crippen LogP contribution in [-0.2, 0) is 6.42 Å². The van der Waals surface area contributed by atoms with Gasteiger partial charge in [-0.25, -0.2) is 4.39 Å². The van der Waals surface area contributed by atoms with Crippen molar-refractivity contribution < 1.29 is 23.4 Å². The van der Waals surface area contributed by atoms with E-state index in [1.165, 1.54) is 19.2 Å². The number of fused-ring (bicyclic) bond motifs is 1. The number of methoxy groups -OCH3 is 3. The molecular weight excluding hydrogens is 397 g/mol. The molecule has 1 atom stereocenters. The van der Waals surface area contributed by atoms with Gasteiger partial charge in [-0.1, -0.05) is 30.3 Å². The summed E-state index contributed by atoms with van der Waals surface area (Å²) in [7, 11) is 4.60. The van der Waals surface area contributed by atoms with E-state index >= 15 is 0 Å². The van der Waals surface area contributed by atoms with Gasteiger partial charge < -0.3 is 19.1 Å². The number of amides is 1. The van der Waals surface area contributed by atoms with Crippen molar-refractivity contribution >= 4 is 5.91 Å². The van der Waals surface area contributed by atoms with Crippen LogP contribution >= 0.6 is 0 Å². The Bertz CT molecular complexity index is 1100. The first-order valence-electron chi connectivity index (χ1n) is 10.0. The molecule has 0 aromatic heterocycles. The molecule has 0 radical (unpaired) electrons. The highest BCUT2D eigenvalue weighted by Gasteiger charge is 2.34. The predicted octanol–water partition coefficient (Wildman–Crippen LogP) is 4.64. The molecule has 0 unspecified atom stereocenters. The van der Waals surface area contributed by atoms with Crippen LogP contribution in [-0.4, -0.2) is 38.7 Å². The van der Waals surface area contributed by atoms with Crippen molar-refractivity contribution in [1.82, 2.24) is 4.90 Å². The van der Waals surface area contributed by atoms with Gasteiger partial charge in [0, 0.05) is 12.1 Å². The van der Waals surface area contributed by atoms with Crippen molar-refractivity contribution in [3.63, 3.8) is 0 Å². The molecule has 5 nitrogen and oxygen atoms in total. The molecule has 160 valence electrons. The fraction of sp³-hybridized carbons (Fsp3) is 0.240. The van der Waals surface area contributed by atoms with E-state index in [-0.39, 0.29) is 23.3 Å². The third kappa shape index (κ3) is 3.81. The van der Waals surface area contributed by atoms with Crippen LogP contribution in [0, 0.1) is 5.82 Å². The second kappa shape index (κ2) is 8.68. The average molecular weight is 421 g/mol. The van der Waals surface area contributed by atoms with Crippen LogP contribution in [0.3, 0.4) is 0 Å². The van der Waals surface area contributed by atoms with Gasteiger partial charge in [-0.2, -0.15) is 0 Å². The molecule has 0 spiro atoms. The Labute approximate surface area is 181 Å². The third-order valence-electron chi connectivity index (χ3n) is 5.65. The van der Waals surface area contributed by atoms with E-state index in [1.54, 1.807) is 25.2 Å². The zero-order valence-electron chi connectivity index (χ0n) is 17.7. The lowest BCUT2D eigenvalue weighted by molar-refractivity contribution is 0.0693. The number of hydrogen-bond acceptors (Lipinski definition) is 4. The molecule has 0 fully saturated rings. The molecular formula is C25H24FNO4. The van der Waals surface area contributed by atoms with Gasteiger partial charge in [0.2, 0.25) is 0 Å². The summed E-state index contributed by atoms with van der Waals surface area (Å²) in [6.45, 7) is 0.495. The Balaban J connectivity index is 1.81. The maximum Gasteiger partial charge on any atom is 0.254 e. The molecule has 0 N–H and O–H groups in total. The minimum atomic E-state index is -0.562. The van der Waals surface area contributed by atoms with E-state index < -0.39 is 5.82 Å². The minimum absolute atomic E-state index is 0.108. The topological polar surface area (TPSA) is 48.0 Å². The quantitative estimate of drug-likeness (QED) is 0.602. The van der Waals surface area contributed by atoms with Gasteiger partial charge in [0.1, 0.15) is 0 Å². The molecule has 6 heteroatoms. The fourth-order valence-corrected chi connectivity index (χ4v) is 4.12. The predicted molar refractivity (Wildman–Crippen MR) is 116 cm³/mol. The van der Waals surface area contributed by atoms with Gasteiger partial charge in [-0.05, 0) is 53.4 Å². The number of hydrogen-bond donors (Lipinski definition) is 0. The summed E-state index contributed by atoms with van der Waals surface area (Å²) in [6, 6.07) is 17.7. The largest absolute Gasteiger partial charge is 0.494 e. The summed E-state index contributed by atoms with van der Waals surface area (Å²) in [4.78, 5) is 15.3. The zero-order chi connectivity index (χ0) is 22.0. The summed E-state index contributed by atoms with van der Waals surface area (Å²) >= 11 is 0. The highest BCUT2D eigenvalue weighted by molar-refractivity contribution is 5.95. The summed E-state index contributed by atoms with van der Waals surface area (Å²) in [5.41, 5.74) is 3.31. The molecule has 1 aliphatic heterocycles. The standard InChI is InChI=1S/C25H24FNO4/c1-29-21-10-9-18(13-20(21)26)25(28)27-12-11-17-14-22(30-2)23(31-3)15-19(17)24(27)16-7-5-4-6-8-16/h4-10,13-15,24H,11-12H2,1-3H3/t24-/m0/s1. The van der Waals surface area contributed by atoms with Crippen LogP contribution in [0.1, 0.15) is 33.1 Å². The highest BCUT2D eigenvalue weighted by Crippen LogP contribution is 2.41. The number of benzene rings is 3. The molecule has 3 aromatic rings. The average Bonchev–Trinajstić information content (AvgIpc) is 2.82. The maximum absolute atomic E-state index is 14.3. The summed E-state index contributed by atoms with van der Waals surface area (Å²) in [5, 5.41) is 0. The Morgan fingerprint density at radius 1 is 0.903 bits per heavy atom. The lowest BCUT2D eigenvalue weighted by Crippen LogP contribution is -2.40. The monoisotopic (exact) mass is 421 g/mol. The molecule has 31 heavy (non-hydrogen) atoms. The van der Waals surface area contributed by atoms with Gasteiger partial charge >= 0.3 is 0 Å². The molecule has 0 aliphatic carbocycles. The van der Waals surface area contributed by atoms with Gasteiger partial charge in [0.15, 0.2) is 23.1 Å². The molecule has 1 amide bonds. The van der Waals surface area contributed by atoms with E-state index in [4.69, 9.17) is 14.2 Å². The van der Waals surface area contributed by atoms with E-state index in [0.717, 1.165) is 16.7 Å². The summed E-state index contributed by atoms with van der Waals surface area (Å²) in [6.07, 6.45) is 0.656. The Hall–Kier alpha value is -3.54. The second-order valence-electron chi connectivity index (χ2n) is 7.32. The number of ether oxygens (including phenoxy) is 3. The van der Waals surface area contributed by atoms with Crippen LogP contribution in [0.15, 0.2) is 60.7 Å². The summed E-state index contributed by atoms with van der Waals surface area (Å²) < 4.78 is 30.3. The van der Waals surface area contributed by atoms with Crippen molar-refractivity contribution in [2.75, 3.05) is 27.9 Å². The molecule has 1 heterocycles. The molecule has 0 saturated heterocycles. The Morgan fingerprint density at radius 2 is 1.58 bits per heavy atom. The molecule has 3 aromatic carbocycles. The second-order valence-corrected chi connectivity index (χ2v) is 7.32. The van der Waals surface area contributed by atoms with Crippen LogP contribution in [0.4, 0.5) is 4.39 Å². The van der Waals surface area contributed by atoms with Gasteiger partial charge in [0.05, 0.1) is 27.4 Å². The minimum Gasteiger partial charge on any atom is -0.494 e. The SMILES string of the molecule is COc1ccc(C(=O)N2CCc3cc(OC)c(OC)cc3[C@@H]2c2ccccc2)cc1F. The van der Waals surface area contributed by atoms with E-state index in [1.807, 2.05) is 42.5 Å². The highest BCUT2D eigenvalue weighted by atomic mass is 19.1. The van der Waals surface area contributed by atoms with Crippen molar-refractivity contribution in [2.24, 2.45) is 0 Å². The Morgan fingerprint density at radius 3 is 2.23 bits per heavy atom. The fourth-order valence-electron chi connectivity index (χ4n) is 4.12. The first kappa shape index (κ1) is 20.7. The van der Waals surface area contributed by atoms with Crippen molar-refractivity contribution in [1.29, 1.82) is 0 Å².